The van der Waals surface area contributed by atoms with Crippen LogP contribution in [0.25, 0.3) is 0 Å². The van der Waals surface area contributed by atoms with Crippen LogP contribution in [0.1, 0.15) is 47.2 Å². The summed E-state index contributed by atoms with van der Waals surface area (Å²) in [4.78, 5) is 26.8. The number of halogens is 1. The van der Waals surface area contributed by atoms with Crippen molar-refractivity contribution in [3.63, 3.8) is 0 Å². The Balaban J connectivity index is 1.38. The van der Waals surface area contributed by atoms with Crippen molar-refractivity contribution in [2.45, 2.75) is 39.2 Å². The predicted octanol–water partition coefficient (Wildman–Crippen LogP) is 4.60. The Labute approximate surface area is 171 Å². The summed E-state index contributed by atoms with van der Waals surface area (Å²) < 4.78 is 0. The average Bonchev–Trinajstić information content (AvgIpc) is 2.72. The molecule has 1 aliphatic heterocycles. The van der Waals surface area contributed by atoms with Gasteiger partial charge in [0.15, 0.2) is 0 Å². The molecular weight excluding hydrogens is 372 g/mol. The van der Waals surface area contributed by atoms with Gasteiger partial charge in [-0.25, -0.2) is 0 Å². The molecular formula is C23H27ClN2O2. The standard InChI is InChI=1S/C23H27ClN2O2/c1-17-4-2-3-5-21(17)23(28)26-14-12-18(13-15-26)8-11-22(27)25-16-19-6-9-20(24)10-7-19/h2-7,9-10,18H,8,11-16H2,1H3,(H,25,27). The van der Waals surface area contributed by atoms with Crippen LogP contribution in [0.15, 0.2) is 48.5 Å². The Kier molecular flexibility index (Phi) is 7.10. The van der Waals surface area contributed by atoms with Crippen LogP contribution in [0.3, 0.4) is 0 Å². The molecule has 2 aromatic rings. The second-order valence-electron chi connectivity index (χ2n) is 7.49. The van der Waals surface area contributed by atoms with Crippen LogP contribution in [0, 0.1) is 12.8 Å². The minimum absolute atomic E-state index is 0.0772. The Bertz CT molecular complexity index is 812. The number of piperidine rings is 1. The Morgan fingerprint density at radius 3 is 2.43 bits per heavy atom. The van der Waals surface area contributed by atoms with Gasteiger partial charge in [0.2, 0.25) is 5.91 Å². The van der Waals surface area contributed by atoms with Gasteiger partial charge >= 0.3 is 0 Å². The fraction of sp³-hybridized carbons (Fsp3) is 0.391. The summed E-state index contributed by atoms with van der Waals surface area (Å²) in [6.45, 7) is 4.04. The number of nitrogens with zero attached hydrogens (tertiary/aromatic N) is 1. The maximum Gasteiger partial charge on any atom is 0.254 e. The summed E-state index contributed by atoms with van der Waals surface area (Å²) in [6, 6.07) is 15.2. The van der Waals surface area contributed by atoms with Crippen molar-refractivity contribution in [1.29, 1.82) is 0 Å². The van der Waals surface area contributed by atoms with E-state index in [0.29, 0.717) is 23.9 Å². The number of amides is 2. The van der Waals surface area contributed by atoms with Crippen LogP contribution < -0.4 is 5.32 Å². The Morgan fingerprint density at radius 2 is 1.75 bits per heavy atom. The number of aryl methyl sites for hydroxylation is 1. The summed E-state index contributed by atoms with van der Waals surface area (Å²) in [7, 11) is 0. The summed E-state index contributed by atoms with van der Waals surface area (Å²) in [5, 5.41) is 3.66. The molecule has 3 rings (SSSR count). The van der Waals surface area contributed by atoms with Crippen LogP contribution in [0.2, 0.25) is 5.02 Å². The summed E-state index contributed by atoms with van der Waals surface area (Å²) in [5.74, 6) is 0.702. The molecule has 2 aromatic carbocycles. The van der Waals surface area contributed by atoms with E-state index in [2.05, 4.69) is 5.32 Å². The largest absolute Gasteiger partial charge is 0.352 e. The molecule has 148 valence electrons. The first-order chi connectivity index (χ1) is 13.5. The maximum absolute atomic E-state index is 12.7. The van der Waals surface area contributed by atoms with Crippen molar-refractivity contribution in [2.24, 2.45) is 5.92 Å². The van der Waals surface area contributed by atoms with Gasteiger partial charge < -0.3 is 10.2 Å². The third-order valence-corrected chi connectivity index (χ3v) is 5.71. The molecule has 1 aliphatic rings. The van der Waals surface area contributed by atoms with Crippen molar-refractivity contribution >= 4 is 23.4 Å². The van der Waals surface area contributed by atoms with Gasteiger partial charge in [0.1, 0.15) is 0 Å². The van der Waals surface area contributed by atoms with Crippen molar-refractivity contribution in [3.05, 3.63) is 70.2 Å². The number of hydrogen-bond donors (Lipinski definition) is 1. The third kappa shape index (κ3) is 5.59. The molecule has 0 saturated carbocycles. The van der Waals surface area contributed by atoms with Crippen LogP contribution in [0.5, 0.6) is 0 Å². The fourth-order valence-electron chi connectivity index (χ4n) is 3.63. The molecule has 0 aromatic heterocycles. The van der Waals surface area contributed by atoms with Gasteiger partial charge in [-0.3, -0.25) is 9.59 Å². The summed E-state index contributed by atoms with van der Waals surface area (Å²) >= 11 is 5.87. The first kappa shape index (κ1) is 20.4. The minimum atomic E-state index is 0.0772. The zero-order chi connectivity index (χ0) is 19.9. The van der Waals surface area contributed by atoms with Gasteiger partial charge in [-0.2, -0.15) is 0 Å². The normalized spacial score (nSPS) is 14.7. The lowest BCUT2D eigenvalue weighted by molar-refractivity contribution is -0.121. The van der Waals surface area contributed by atoms with Crippen LogP contribution >= 0.6 is 11.6 Å². The summed E-state index contributed by atoms with van der Waals surface area (Å²) in [5.41, 5.74) is 2.86. The lowest BCUT2D eigenvalue weighted by Gasteiger charge is -2.32. The SMILES string of the molecule is Cc1ccccc1C(=O)N1CCC(CCC(=O)NCc2ccc(Cl)cc2)CC1. The predicted molar refractivity (Wildman–Crippen MR) is 112 cm³/mol. The smallest absolute Gasteiger partial charge is 0.254 e. The van der Waals surface area contributed by atoms with Crippen LogP contribution in [-0.2, 0) is 11.3 Å². The van der Waals surface area contributed by atoms with Gasteiger partial charge in [0.05, 0.1) is 0 Å². The highest BCUT2D eigenvalue weighted by Gasteiger charge is 2.24. The molecule has 1 fully saturated rings. The molecule has 0 radical (unpaired) electrons. The number of nitrogens with one attached hydrogen (secondary N) is 1. The van der Waals surface area contributed by atoms with Crippen LogP contribution in [-0.4, -0.2) is 29.8 Å². The zero-order valence-corrected chi connectivity index (χ0v) is 17.0. The number of carbonyl (C=O) groups excluding carboxylic acids is 2. The molecule has 0 spiro atoms. The third-order valence-electron chi connectivity index (χ3n) is 5.46. The van der Waals surface area contributed by atoms with E-state index in [1.165, 1.54) is 0 Å². The highest BCUT2D eigenvalue weighted by molar-refractivity contribution is 6.30. The molecule has 5 heteroatoms. The molecule has 0 aliphatic carbocycles. The van der Waals surface area contributed by atoms with E-state index in [1.54, 1.807) is 0 Å². The zero-order valence-electron chi connectivity index (χ0n) is 16.3. The number of likely N-dealkylation sites (tertiary alicyclic amines) is 1. The molecule has 0 bridgehead atoms. The molecule has 0 unspecified atom stereocenters. The molecule has 2 amide bonds. The first-order valence-electron chi connectivity index (χ1n) is 9.89. The topological polar surface area (TPSA) is 49.4 Å². The second kappa shape index (κ2) is 9.74. The average molecular weight is 399 g/mol. The lowest BCUT2D eigenvalue weighted by atomic mass is 9.91. The number of benzene rings is 2. The van der Waals surface area contributed by atoms with E-state index in [-0.39, 0.29) is 11.8 Å². The number of hydrogen-bond acceptors (Lipinski definition) is 2. The molecule has 1 saturated heterocycles. The molecule has 0 atom stereocenters. The van der Waals surface area contributed by atoms with E-state index >= 15 is 0 Å². The van der Waals surface area contributed by atoms with E-state index in [4.69, 9.17) is 11.6 Å². The molecule has 1 N–H and O–H groups in total. The minimum Gasteiger partial charge on any atom is -0.352 e. The van der Waals surface area contributed by atoms with Gasteiger partial charge in [0.25, 0.3) is 5.91 Å². The highest BCUT2D eigenvalue weighted by Crippen LogP contribution is 2.23. The van der Waals surface area contributed by atoms with E-state index in [0.717, 1.165) is 49.0 Å². The van der Waals surface area contributed by atoms with Gasteiger partial charge in [-0.05, 0) is 61.4 Å². The molecule has 4 nitrogen and oxygen atoms in total. The Morgan fingerprint density at radius 1 is 1.07 bits per heavy atom. The Hall–Kier alpha value is -2.33. The number of carbonyl (C=O) groups is 2. The van der Waals surface area contributed by atoms with Gasteiger partial charge in [0, 0.05) is 36.6 Å². The van der Waals surface area contributed by atoms with Crippen molar-refractivity contribution < 1.29 is 9.59 Å². The molecule has 28 heavy (non-hydrogen) atoms. The lowest BCUT2D eigenvalue weighted by Crippen LogP contribution is -2.39. The molecule has 1 heterocycles. The van der Waals surface area contributed by atoms with E-state index in [1.807, 2.05) is 60.4 Å². The quantitative estimate of drug-likeness (QED) is 0.773. The second-order valence-corrected chi connectivity index (χ2v) is 7.93. The van der Waals surface area contributed by atoms with Crippen molar-refractivity contribution in [2.75, 3.05) is 13.1 Å². The first-order valence-corrected chi connectivity index (χ1v) is 10.3. The van der Waals surface area contributed by atoms with Gasteiger partial charge in [-0.15, -0.1) is 0 Å². The van der Waals surface area contributed by atoms with Gasteiger partial charge in [-0.1, -0.05) is 41.9 Å². The monoisotopic (exact) mass is 398 g/mol. The number of rotatable bonds is 6. The maximum atomic E-state index is 12.7. The van der Waals surface area contributed by atoms with E-state index < -0.39 is 0 Å². The van der Waals surface area contributed by atoms with Crippen LogP contribution in [0.4, 0.5) is 0 Å². The fourth-order valence-corrected chi connectivity index (χ4v) is 3.76. The van der Waals surface area contributed by atoms with E-state index in [9.17, 15) is 9.59 Å². The highest BCUT2D eigenvalue weighted by atomic mass is 35.5. The van der Waals surface area contributed by atoms with Crippen molar-refractivity contribution in [3.8, 4) is 0 Å². The summed E-state index contributed by atoms with van der Waals surface area (Å²) in [6.07, 6.45) is 3.33. The van der Waals surface area contributed by atoms with Crippen molar-refractivity contribution in [1.82, 2.24) is 10.2 Å².